The summed E-state index contributed by atoms with van der Waals surface area (Å²) in [7, 11) is 0. The summed E-state index contributed by atoms with van der Waals surface area (Å²) in [6, 6.07) is 15.4. The molecule has 0 spiro atoms. The van der Waals surface area contributed by atoms with Crippen LogP contribution < -0.4 is 16.8 Å². The van der Waals surface area contributed by atoms with Crippen LogP contribution >= 0.6 is 0 Å². The molecule has 0 aliphatic heterocycles. The van der Waals surface area contributed by atoms with Crippen molar-refractivity contribution in [1.82, 2.24) is 5.32 Å². The van der Waals surface area contributed by atoms with Crippen molar-refractivity contribution in [2.45, 2.75) is 39.0 Å². The molecular weight excluding hydrogens is 400 g/mol. The van der Waals surface area contributed by atoms with Crippen molar-refractivity contribution in [2.24, 2.45) is 16.6 Å². The highest BCUT2D eigenvalue weighted by molar-refractivity contribution is 5.97. The minimum Gasteiger partial charge on any atom is -0.461 e. The third kappa shape index (κ3) is 8.67. The van der Waals surface area contributed by atoms with Crippen LogP contribution in [-0.2, 0) is 37.1 Å². The van der Waals surface area contributed by atoms with Crippen LogP contribution in [0.3, 0.4) is 0 Å². The quantitative estimate of drug-likeness (QED) is 0.171. The Morgan fingerprint density at radius 1 is 1.03 bits per heavy atom. The molecule has 2 aromatic rings. The van der Waals surface area contributed by atoms with Gasteiger partial charge in [0.15, 0.2) is 5.84 Å². The second-order valence-electron chi connectivity index (χ2n) is 6.77. The smallest absolute Gasteiger partial charge is 0.332 e. The number of hydrogen-bond donors (Lipinski definition) is 3. The summed E-state index contributed by atoms with van der Waals surface area (Å²) in [4.78, 5) is 39.2. The summed E-state index contributed by atoms with van der Waals surface area (Å²) < 4.78 is 5.17. The molecule has 0 aliphatic rings. The number of esters is 1. The van der Waals surface area contributed by atoms with Gasteiger partial charge in [0, 0.05) is 25.5 Å². The van der Waals surface area contributed by atoms with Gasteiger partial charge >= 0.3 is 11.9 Å². The van der Waals surface area contributed by atoms with Crippen LogP contribution in [0.5, 0.6) is 0 Å². The van der Waals surface area contributed by atoms with E-state index in [1.165, 1.54) is 6.92 Å². The zero-order valence-electron chi connectivity index (χ0n) is 17.2. The Bertz CT molecular complexity index is 913. The Morgan fingerprint density at radius 2 is 1.71 bits per heavy atom. The van der Waals surface area contributed by atoms with E-state index in [2.05, 4.69) is 15.3 Å². The Hall–Kier alpha value is -3.72. The Balaban J connectivity index is 1.71. The molecule has 0 aromatic heterocycles. The summed E-state index contributed by atoms with van der Waals surface area (Å²) in [5.74, 6) is -1.28. The Morgan fingerprint density at radius 3 is 2.35 bits per heavy atom. The van der Waals surface area contributed by atoms with Crippen molar-refractivity contribution in [1.29, 1.82) is 0 Å². The number of nitrogens with zero attached hydrogens (tertiary/aromatic N) is 1. The van der Waals surface area contributed by atoms with Crippen LogP contribution in [0.2, 0.25) is 0 Å². The average Bonchev–Trinajstić information content (AvgIpc) is 2.78. The second-order valence-corrected chi connectivity index (χ2v) is 6.77. The maximum Gasteiger partial charge on any atom is 0.332 e. The van der Waals surface area contributed by atoms with Crippen LogP contribution in [0.4, 0.5) is 0 Å². The average molecular weight is 426 g/mol. The number of rotatable bonds is 10. The molecule has 0 radical (unpaired) electrons. The highest BCUT2D eigenvalue weighted by Crippen LogP contribution is 2.06. The topological polar surface area (TPSA) is 146 Å². The molecule has 0 bridgehead atoms. The fraction of sp³-hybridized carbons (Fsp3) is 0.273. The lowest BCUT2D eigenvalue weighted by Gasteiger charge is -2.12. The number of nitrogens with two attached hydrogens (primary N) is 2. The summed E-state index contributed by atoms with van der Waals surface area (Å²) in [5.41, 5.74) is 13.9. The lowest BCUT2D eigenvalue weighted by molar-refractivity contribution is -0.145. The van der Waals surface area contributed by atoms with Crippen LogP contribution in [0, 0.1) is 0 Å². The van der Waals surface area contributed by atoms with Gasteiger partial charge in [0.05, 0.1) is 6.04 Å². The molecule has 0 saturated carbocycles. The van der Waals surface area contributed by atoms with E-state index in [1.807, 2.05) is 30.3 Å². The first-order valence-electron chi connectivity index (χ1n) is 9.68. The molecule has 31 heavy (non-hydrogen) atoms. The molecular formula is C22H26N4O5. The van der Waals surface area contributed by atoms with E-state index in [0.717, 1.165) is 11.1 Å². The van der Waals surface area contributed by atoms with E-state index in [4.69, 9.17) is 16.2 Å². The highest BCUT2D eigenvalue weighted by atomic mass is 16.7. The van der Waals surface area contributed by atoms with Gasteiger partial charge in [0.25, 0.3) is 0 Å². The molecule has 0 heterocycles. The maximum absolute atomic E-state index is 12.2. The number of carbonyl (C=O) groups is 3. The first-order valence-corrected chi connectivity index (χ1v) is 9.68. The first kappa shape index (κ1) is 23.6. The Labute approximate surface area is 180 Å². The van der Waals surface area contributed by atoms with Crippen molar-refractivity contribution < 1.29 is 24.0 Å². The molecule has 2 aromatic carbocycles. The monoisotopic (exact) mass is 426 g/mol. The van der Waals surface area contributed by atoms with Gasteiger partial charge in [-0.1, -0.05) is 59.8 Å². The Kier molecular flexibility index (Phi) is 9.18. The molecule has 0 saturated heterocycles. The number of amides is 1. The largest absolute Gasteiger partial charge is 0.461 e. The van der Waals surface area contributed by atoms with Crippen molar-refractivity contribution in [3.63, 3.8) is 0 Å². The summed E-state index contributed by atoms with van der Waals surface area (Å²) in [5, 5.41) is 6.23. The third-order valence-corrected chi connectivity index (χ3v) is 4.23. The number of oxime groups is 1. The lowest BCUT2D eigenvalue weighted by atomic mass is 10.1. The van der Waals surface area contributed by atoms with Gasteiger partial charge in [-0.25, -0.2) is 4.79 Å². The number of carbonyl (C=O) groups excluding carboxylic acids is 3. The predicted molar refractivity (Wildman–Crippen MR) is 114 cm³/mol. The van der Waals surface area contributed by atoms with Crippen molar-refractivity contribution in [3.8, 4) is 0 Å². The molecule has 5 N–H and O–H groups in total. The van der Waals surface area contributed by atoms with Gasteiger partial charge < -0.3 is 26.4 Å². The number of nitrogens with one attached hydrogen (secondary N) is 1. The molecule has 0 fully saturated rings. The lowest BCUT2D eigenvalue weighted by Crippen LogP contribution is -2.40. The molecule has 1 atom stereocenters. The predicted octanol–water partition coefficient (Wildman–Crippen LogP) is 1.34. The summed E-state index contributed by atoms with van der Waals surface area (Å²) in [6.45, 7) is 1.67. The maximum atomic E-state index is 12.2. The van der Waals surface area contributed by atoms with Gasteiger partial charge in [0.2, 0.25) is 5.91 Å². The third-order valence-electron chi connectivity index (χ3n) is 4.23. The van der Waals surface area contributed by atoms with E-state index in [9.17, 15) is 14.4 Å². The highest BCUT2D eigenvalue weighted by Gasteiger charge is 2.15. The van der Waals surface area contributed by atoms with Crippen molar-refractivity contribution in [3.05, 3.63) is 71.3 Å². The molecule has 1 amide bonds. The fourth-order valence-corrected chi connectivity index (χ4v) is 2.49. The van der Waals surface area contributed by atoms with E-state index in [-0.39, 0.29) is 37.7 Å². The molecule has 1 unspecified atom stereocenters. The van der Waals surface area contributed by atoms with Gasteiger partial charge in [-0.2, -0.15) is 0 Å². The SMILES string of the molecule is CC(=O)ON=C(N)c1ccc(CNC(=O)C(N)CCC(=O)OCc2ccccc2)cc1. The van der Waals surface area contributed by atoms with Gasteiger partial charge in [-0.15, -0.1) is 0 Å². The summed E-state index contributed by atoms with van der Waals surface area (Å²) in [6.07, 6.45) is 0.235. The van der Waals surface area contributed by atoms with E-state index >= 15 is 0 Å². The molecule has 9 nitrogen and oxygen atoms in total. The normalized spacial score (nSPS) is 12.0. The van der Waals surface area contributed by atoms with Crippen molar-refractivity contribution >= 4 is 23.7 Å². The van der Waals surface area contributed by atoms with E-state index in [0.29, 0.717) is 5.56 Å². The number of benzene rings is 2. The van der Waals surface area contributed by atoms with E-state index < -0.39 is 18.0 Å². The number of amidine groups is 1. The molecule has 2 rings (SSSR count). The van der Waals surface area contributed by atoms with Crippen LogP contribution in [0.1, 0.15) is 36.5 Å². The number of ether oxygens (including phenoxy) is 1. The zero-order valence-corrected chi connectivity index (χ0v) is 17.2. The molecule has 0 aliphatic carbocycles. The van der Waals surface area contributed by atoms with Crippen LogP contribution in [0.25, 0.3) is 0 Å². The van der Waals surface area contributed by atoms with Gasteiger partial charge in [-0.05, 0) is 17.5 Å². The van der Waals surface area contributed by atoms with Gasteiger partial charge in [0.1, 0.15) is 6.61 Å². The zero-order chi connectivity index (χ0) is 22.6. The first-order chi connectivity index (χ1) is 14.8. The minimum atomic E-state index is -0.824. The van der Waals surface area contributed by atoms with Gasteiger partial charge in [-0.3, -0.25) is 9.59 Å². The standard InChI is InChI=1S/C22H26N4O5/c1-15(27)31-26-21(24)18-9-7-16(8-10-18)13-25-22(29)19(23)11-12-20(28)30-14-17-5-3-2-4-6-17/h2-10,19H,11-14,23H2,1H3,(H2,24,26)(H,25,29). The molecule has 164 valence electrons. The number of hydrogen-bond acceptors (Lipinski definition) is 7. The van der Waals surface area contributed by atoms with E-state index in [1.54, 1.807) is 24.3 Å². The summed E-state index contributed by atoms with van der Waals surface area (Å²) >= 11 is 0. The minimum absolute atomic E-state index is 0.0526. The molecule has 9 heteroatoms. The second kappa shape index (κ2) is 12.1. The van der Waals surface area contributed by atoms with Crippen LogP contribution in [-0.4, -0.2) is 29.7 Å². The van der Waals surface area contributed by atoms with Crippen molar-refractivity contribution in [2.75, 3.05) is 0 Å². The fourth-order valence-electron chi connectivity index (χ4n) is 2.49. The van der Waals surface area contributed by atoms with Crippen LogP contribution in [0.15, 0.2) is 59.8 Å².